The van der Waals surface area contributed by atoms with E-state index in [0.717, 1.165) is 26.5 Å². The van der Waals surface area contributed by atoms with Gasteiger partial charge in [0.25, 0.3) is 0 Å². The van der Waals surface area contributed by atoms with E-state index in [2.05, 4.69) is 15.4 Å². The highest BCUT2D eigenvalue weighted by Gasteiger charge is 2.19. The van der Waals surface area contributed by atoms with Crippen molar-refractivity contribution in [2.45, 2.75) is 0 Å². The highest BCUT2D eigenvalue weighted by Crippen LogP contribution is 2.24. The van der Waals surface area contributed by atoms with Gasteiger partial charge in [0, 0.05) is 18.0 Å². The number of aromatic nitrogens is 3. The molecule has 0 saturated heterocycles. The second-order valence-corrected chi connectivity index (χ2v) is 9.57. The molecular weight excluding hydrogens is 434 g/mol. The largest absolute Gasteiger partial charge is 0.299 e. The minimum absolute atomic E-state index is 0.335. The molecule has 8 nitrogen and oxygen atoms in total. The van der Waals surface area contributed by atoms with Gasteiger partial charge in [-0.3, -0.25) is 10.1 Å². The van der Waals surface area contributed by atoms with Crippen LogP contribution in [0.25, 0.3) is 22.3 Å². The Morgan fingerprint density at radius 3 is 2.48 bits per heavy atom. The van der Waals surface area contributed by atoms with Gasteiger partial charge in [-0.2, -0.15) is 4.31 Å². The zero-order chi connectivity index (χ0) is 21.8. The Hall–Kier alpha value is -3.34. The number of sulfonamides is 1. The smallest absolute Gasteiger partial charge is 0.241 e. The zero-order valence-corrected chi connectivity index (χ0v) is 18.2. The zero-order valence-electron chi connectivity index (χ0n) is 16.5. The van der Waals surface area contributed by atoms with Crippen LogP contribution in [0.15, 0.2) is 72.3 Å². The third-order valence-corrected chi connectivity index (χ3v) is 6.71. The molecule has 0 fully saturated rings. The predicted octanol–water partition coefficient (Wildman–Crippen LogP) is 3.33. The first-order chi connectivity index (χ1) is 14.9. The second kappa shape index (κ2) is 8.80. The van der Waals surface area contributed by atoms with Crippen molar-refractivity contribution in [2.75, 3.05) is 18.9 Å². The molecule has 1 amide bonds. The summed E-state index contributed by atoms with van der Waals surface area (Å²) in [4.78, 5) is 17.5. The van der Waals surface area contributed by atoms with Gasteiger partial charge in [0.05, 0.1) is 18.4 Å². The molecule has 2 aromatic carbocycles. The van der Waals surface area contributed by atoms with Gasteiger partial charge in [0.1, 0.15) is 0 Å². The molecule has 4 rings (SSSR count). The third kappa shape index (κ3) is 5.05. The number of carbonyl (C=O) groups is 1. The number of amides is 1. The van der Waals surface area contributed by atoms with Gasteiger partial charge < -0.3 is 0 Å². The molecule has 0 aliphatic heterocycles. The fraction of sp³-hybridized carbons (Fsp3) is 0.0952. The normalized spacial score (nSPS) is 12.1. The Labute approximate surface area is 183 Å². The number of imidazole rings is 1. The molecule has 0 spiro atoms. The molecule has 0 atom stereocenters. The fourth-order valence-corrected chi connectivity index (χ4v) is 4.41. The van der Waals surface area contributed by atoms with Crippen LogP contribution in [0.5, 0.6) is 0 Å². The molecule has 4 aromatic rings. The van der Waals surface area contributed by atoms with Gasteiger partial charge in [-0.25, -0.2) is 17.9 Å². The van der Waals surface area contributed by atoms with Crippen LogP contribution in [-0.2, 0) is 14.8 Å². The number of anilines is 1. The average Bonchev–Trinajstić information content (AvgIpc) is 3.32. The third-order valence-electron chi connectivity index (χ3n) is 4.39. The summed E-state index contributed by atoms with van der Waals surface area (Å²) in [5.41, 5.74) is 2.51. The number of rotatable bonds is 7. The van der Waals surface area contributed by atoms with Crippen LogP contribution in [0.3, 0.4) is 0 Å². The SMILES string of the molecule is CN(CC(=O)Nc1nn2cc(-c3ccccc3)nc2s1)S(=O)(=O)/C=C/c1ccccc1. The minimum atomic E-state index is -3.74. The first kappa shape index (κ1) is 20.9. The van der Waals surface area contributed by atoms with Crippen molar-refractivity contribution < 1.29 is 13.2 Å². The van der Waals surface area contributed by atoms with Gasteiger partial charge in [-0.1, -0.05) is 72.0 Å². The van der Waals surface area contributed by atoms with Crippen LogP contribution in [-0.4, -0.2) is 46.8 Å². The lowest BCUT2D eigenvalue weighted by Crippen LogP contribution is -2.33. The molecule has 0 bridgehead atoms. The molecule has 10 heteroatoms. The molecule has 0 unspecified atom stereocenters. The molecule has 2 aromatic heterocycles. The van der Waals surface area contributed by atoms with Crippen molar-refractivity contribution in [3.05, 3.63) is 77.8 Å². The Balaban J connectivity index is 1.39. The van der Waals surface area contributed by atoms with E-state index in [4.69, 9.17) is 0 Å². The average molecular weight is 454 g/mol. The van der Waals surface area contributed by atoms with Gasteiger partial charge in [-0.05, 0) is 11.6 Å². The molecule has 31 heavy (non-hydrogen) atoms. The molecule has 0 aliphatic carbocycles. The summed E-state index contributed by atoms with van der Waals surface area (Å²) >= 11 is 1.21. The monoisotopic (exact) mass is 453 g/mol. The van der Waals surface area contributed by atoms with Crippen molar-refractivity contribution in [3.8, 4) is 11.3 Å². The summed E-state index contributed by atoms with van der Waals surface area (Å²) in [6.45, 7) is -0.335. The van der Waals surface area contributed by atoms with Crippen LogP contribution >= 0.6 is 11.3 Å². The molecule has 0 saturated carbocycles. The number of carbonyl (C=O) groups excluding carboxylic acids is 1. The summed E-state index contributed by atoms with van der Waals surface area (Å²) in [5.74, 6) is -0.487. The first-order valence-corrected chi connectivity index (χ1v) is 11.6. The fourth-order valence-electron chi connectivity index (χ4n) is 2.78. The number of nitrogens with one attached hydrogen (secondary N) is 1. The molecule has 0 aliphatic rings. The maximum atomic E-state index is 12.4. The summed E-state index contributed by atoms with van der Waals surface area (Å²) in [5, 5.41) is 8.36. The quantitative estimate of drug-likeness (QED) is 0.463. The van der Waals surface area contributed by atoms with Crippen molar-refractivity contribution >= 4 is 43.4 Å². The van der Waals surface area contributed by atoms with E-state index >= 15 is 0 Å². The maximum absolute atomic E-state index is 12.4. The van der Waals surface area contributed by atoms with Gasteiger partial charge in [0.15, 0.2) is 0 Å². The molecule has 1 N–H and O–H groups in total. The lowest BCUT2D eigenvalue weighted by Gasteiger charge is -2.13. The number of hydrogen-bond acceptors (Lipinski definition) is 6. The molecule has 0 radical (unpaired) electrons. The topological polar surface area (TPSA) is 96.7 Å². The van der Waals surface area contributed by atoms with Crippen molar-refractivity contribution in [1.82, 2.24) is 18.9 Å². The van der Waals surface area contributed by atoms with Crippen LogP contribution in [0.2, 0.25) is 0 Å². The van der Waals surface area contributed by atoms with Crippen LogP contribution in [0, 0.1) is 0 Å². The summed E-state index contributed by atoms with van der Waals surface area (Å²) in [6.07, 6.45) is 3.27. The van der Waals surface area contributed by atoms with E-state index in [1.807, 2.05) is 48.5 Å². The van der Waals surface area contributed by atoms with Crippen LogP contribution in [0.1, 0.15) is 5.56 Å². The van der Waals surface area contributed by atoms with Crippen LogP contribution < -0.4 is 5.32 Å². The van der Waals surface area contributed by atoms with Crippen molar-refractivity contribution in [2.24, 2.45) is 0 Å². The lowest BCUT2D eigenvalue weighted by atomic mass is 10.2. The summed E-state index contributed by atoms with van der Waals surface area (Å²) in [6, 6.07) is 18.8. The van der Waals surface area contributed by atoms with Crippen LogP contribution in [0.4, 0.5) is 5.13 Å². The number of hydrogen-bond donors (Lipinski definition) is 1. The number of likely N-dealkylation sites (N-methyl/N-ethyl adjacent to an activating group) is 1. The molecule has 2 heterocycles. The number of benzene rings is 2. The Bertz CT molecular complexity index is 1300. The van der Waals surface area contributed by atoms with E-state index in [1.165, 1.54) is 24.5 Å². The van der Waals surface area contributed by atoms with Gasteiger partial charge >= 0.3 is 0 Å². The van der Waals surface area contributed by atoms with Gasteiger partial charge in [0.2, 0.25) is 26.0 Å². The Morgan fingerprint density at radius 2 is 1.81 bits per heavy atom. The van der Waals surface area contributed by atoms with Crippen molar-refractivity contribution in [1.29, 1.82) is 0 Å². The van der Waals surface area contributed by atoms with Gasteiger partial charge in [-0.15, -0.1) is 5.10 Å². The highest BCUT2D eigenvalue weighted by atomic mass is 32.2. The van der Waals surface area contributed by atoms with E-state index < -0.39 is 15.9 Å². The first-order valence-electron chi connectivity index (χ1n) is 9.32. The standard InChI is InChI=1S/C21H19N5O3S2/c1-25(31(28,29)13-12-16-8-4-2-5-9-16)15-19(27)23-20-24-26-14-18(22-21(26)30-20)17-10-6-3-7-11-17/h2-14H,15H2,1H3,(H,23,24,27)/b13-12+. The Morgan fingerprint density at radius 1 is 1.13 bits per heavy atom. The summed E-state index contributed by atoms with van der Waals surface area (Å²) < 4.78 is 27.4. The molecular formula is C21H19N5O3S2. The predicted molar refractivity (Wildman–Crippen MR) is 122 cm³/mol. The number of nitrogens with zero attached hydrogens (tertiary/aromatic N) is 4. The highest BCUT2D eigenvalue weighted by molar-refractivity contribution is 7.92. The number of fused-ring (bicyclic) bond motifs is 1. The second-order valence-electron chi connectivity index (χ2n) is 6.69. The van der Waals surface area contributed by atoms with E-state index in [-0.39, 0.29) is 6.54 Å². The lowest BCUT2D eigenvalue weighted by molar-refractivity contribution is -0.116. The summed E-state index contributed by atoms with van der Waals surface area (Å²) in [7, 11) is -2.39. The van der Waals surface area contributed by atoms with Crippen molar-refractivity contribution in [3.63, 3.8) is 0 Å². The van der Waals surface area contributed by atoms with E-state index in [0.29, 0.717) is 10.1 Å². The molecule has 158 valence electrons. The minimum Gasteiger partial charge on any atom is -0.299 e. The Kier molecular flexibility index (Phi) is 5.94. The van der Waals surface area contributed by atoms with E-state index in [9.17, 15) is 13.2 Å². The van der Waals surface area contributed by atoms with E-state index in [1.54, 1.807) is 22.8 Å². The maximum Gasteiger partial charge on any atom is 0.241 e.